The Bertz CT molecular complexity index is 357. The Balaban J connectivity index is 2.30. The Labute approximate surface area is 76.0 Å². The van der Waals surface area contributed by atoms with E-state index in [9.17, 15) is 9.90 Å². The minimum absolute atomic E-state index is 0.416. The molecule has 1 unspecified atom stereocenters. The molecule has 3 nitrogen and oxygen atoms in total. The monoisotopic (exact) mass is 177 g/mol. The highest BCUT2D eigenvalue weighted by molar-refractivity contribution is 5.72. The molecule has 1 atom stereocenters. The van der Waals surface area contributed by atoms with E-state index in [1.807, 2.05) is 19.1 Å². The summed E-state index contributed by atoms with van der Waals surface area (Å²) in [5.74, 6) is -0.478. The van der Waals surface area contributed by atoms with Crippen LogP contribution in [0.3, 0.4) is 0 Å². The van der Waals surface area contributed by atoms with Gasteiger partial charge in [-0.2, -0.15) is 0 Å². The zero-order chi connectivity index (χ0) is 9.42. The third kappa shape index (κ3) is 1.37. The maximum absolute atomic E-state index is 10.5. The van der Waals surface area contributed by atoms with Gasteiger partial charge < -0.3 is 14.6 Å². The van der Waals surface area contributed by atoms with Gasteiger partial charge in [-0.1, -0.05) is 17.7 Å². The first-order valence-corrected chi connectivity index (χ1v) is 4.14. The molecule has 0 fully saturated rings. The van der Waals surface area contributed by atoms with E-state index in [1.54, 1.807) is 6.07 Å². The molecule has 1 aromatic rings. The van der Waals surface area contributed by atoms with E-state index >= 15 is 0 Å². The molecule has 2 rings (SSSR count). The van der Waals surface area contributed by atoms with Crippen LogP contribution in [0.4, 0.5) is 0 Å². The number of carboxylic acids is 1. The smallest absolute Gasteiger partial charge is 0.142 e. The molecule has 0 saturated heterocycles. The minimum Gasteiger partial charge on any atom is -0.546 e. The van der Waals surface area contributed by atoms with Crippen LogP contribution >= 0.6 is 0 Å². The lowest BCUT2D eigenvalue weighted by Gasteiger charge is -2.10. The van der Waals surface area contributed by atoms with Gasteiger partial charge >= 0.3 is 0 Å². The van der Waals surface area contributed by atoms with Gasteiger partial charge in [0.2, 0.25) is 0 Å². The Morgan fingerprint density at radius 2 is 2.38 bits per heavy atom. The number of fused-ring (bicyclic) bond motifs is 1. The first-order chi connectivity index (χ1) is 6.16. The molecule has 1 aliphatic rings. The number of ether oxygens (including phenoxy) is 1. The predicted octanol–water partition coefficient (Wildman–Crippen LogP) is 0.0484. The molecule has 0 N–H and O–H groups in total. The molecule has 0 spiro atoms. The number of carbonyl (C=O) groups excluding carboxylic acids is 1. The summed E-state index contributed by atoms with van der Waals surface area (Å²) < 4.78 is 5.16. The van der Waals surface area contributed by atoms with Crippen LogP contribution in [-0.4, -0.2) is 12.1 Å². The van der Waals surface area contributed by atoms with Crippen molar-refractivity contribution < 1.29 is 14.6 Å². The summed E-state index contributed by atoms with van der Waals surface area (Å²) in [6.45, 7) is 1.96. The van der Waals surface area contributed by atoms with Crippen LogP contribution in [0.2, 0.25) is 0 Å². The highest BCUT2D eigenvalue weighted by atomic mass is 16.5. The van der Waals surface area contributed by atoms with Crippen molar-refractivity contribution in [3.63, 3.8) is 0 Å². The first-order valence-electron chi connectivity index (χ1n) is 4.14. The predicted molar refractivity (Wildman–Crippen MR) is 44.3 cm³/mol. The van der Waals surface area contributed by atoms with Crippen molar-refractivity contribution in [3.05, 3.63) is 29.3 Å². The van der Waals surface area contributed by atoms with Crippen LogP contribution in [-0.2, 0) is 11.2 Å². The van der Waals surface area contributed by atoms with Crippen molar-refractivity contribution in [2.45, 2.75) is 19.4 Å². The Morgan fingerprint density at radius 3 is 3.08 bits per heavy atom. The standard InChI is InChI=1S/C10H10O3/c1-6-2-3-8-7(4-6)5-9(13-8)10(11)12/h2-4,9H,5H2,1H3,(H,11,12)/p-1. The number of benzene rings is 1. The number of hydrogen-bond donors (Lipinski definition) is 0. The summed E-state index contributed by atoms with van der Waals surface area (Å²) in [6, 6.07) is 5.64. The van der Waals surface area contributed by atoms with Crippen LogP contribution in [0.5, 0.6) is 5.75 Å². The summed E-state index contributed by atoms with van der Waals surface area (Å²) in [5.41, 5.74) is 2.07. The summed E-state index contributed by atoms with van der Waals surface area (Å²) in [7, 11) is 0. The molecule has 0 bridgehead atoms. The van der Waals surface area contributed by atoms with E-state index in [-0.39, 0.29) is 0 Å². The molecule has 0 amide bonds. The number of aryl methyl sites for hydroxylation is 1. The number of hydrogen-bond acceptors (Lipinski definition) is 3. The van der Waals surface area contributed by atoms with Crippen molar-refractivity contribution >= 4 is 5.97 Å². The van der Waals surface area contributed by atoms with Gasteiger partial charge in [-0.15, -0.1) is 0 Å². The third-order valence-corrected chi connectivity index (χ3v) is 2.15. The number of carboxylic acid groups (broad SMARTS) is 1. The molecule has 1 aliphatic heterocycles. The second-order valence-corrected chi connectivity index (χ2v) is 3.24. The molecule has 1 aromatic carbocycles. The molecule has 0 aromatic heterocycles. The van der Waals surface area contributed by atoms with Gasteiger partial charge in [-0.25, -0.2) is 0 Å². The van der Waals surface area contributed by atoms with E-state index < -0.39 is 12.1 Å². The summed E-state index contributed by atoms with van der Waals surface area (Å²) in [5, 5.41) is 10.5. The topological polar surface area (TPSA) is 49.4 Å². The zero-order valence-electron chi connectivity index (χ0n) is 7.24. The average Bonchev–Trinajstić information content (AvgIpc) is 2.46. The molecule has 0 radical (unpaired) electrons. The molecule has 68 valence electrons. The summed E-state index contributed by atoms with van der Waals surface area (Å²) in [4.78, 5) is 10.5. The molecule has 1 heterocycles. The SMILES string of the molecule is Cc1ccc2c(c1)CC(C(=O)[O-])O2. The van der Waals surface area contributed by atoms with Gasteiger partial charge in [-0.05, 0) is 18.6 Å². The van der Waals surface area contributed by atoms with E-state index in [2.05, 4.69) is 0 Å². The molecular weight excluding hydrogens is 168 g/mol. The number of rotatable bonds is 1. The molecule has 3 heteroatoms. The molecule has 0 saturated carbocycles. The lowest BCUT2D eigenvalue weighted by Crippen LogP contribution is -2.38. The fourth-order valence-corrected chi connectivity index (χ4v) is 1.51. The lowest BCUT2D eigenvalue weighted by molar-refractivity contribution is -0.312. The van der Waals surface area contributed by atoms with Crippen LogP contribution in [0.1, 0.15) is 11.1 Å². The van der Waals surface area contributed by atoms with E-state index in [0.717, 1.165) is 11.1 Å². The van der Waals surface area contributed by atoms with Crippen LogP contribution in [0.25, 0.3) is 0 Å². The first kappa shape index (κ1) is 8.10. The second-order valence-electron chi connectivity index (χ2n) is 3.24. The third-order valence-electron chi connectivity index (χ3n) is 2.15. The summed E-state index contributed by atoms with van der Waals surface area (Å²) >= 11 is 0. The minimum atomic E-state index is -1.14. The quantitative estimate of drug-likeness (QED) is 0.609. The van der Waals surface area contributed by atoms with Crippen molar-refractivity contribution in [1.29, 1.82) is 0 Å². The summed E-state index contributed by atoms with van der Waals surface area (Å²) in [6.07, 6.45) is -0.393. The molecule has 13 heavy (non-hydrogen) atoms. The fourth-order valence-electron chi connectivity index (χ4n) is 1.51. The molecular formula is C10H9O3-. The Hall–Kier alpha value is -1.51. The fraction of sp³-hybridized carbons (Fsp3) is 0.300. The average molecular weight is 177 g/mol. The van der Waals surface area contributed by atoms with Crippen LogP contribution in [0, 0.1) is 6.92 Å². The van der Waals surface area contributed by atoms with Crippen molar-refractivity contribution in [3.8, 4) is 5.75 Å². The normalized spacial score (nSPS) is 19.3. The van der Waals surface area contributed by atoms with E-state index in [0.29, 0.717) is 12.2 Å². The zero-order valence-corrected chi connectivity index (χ0v) is 7.24. The second kappa shape index (κ2) is 2.76. The van der Waals surface area contributed by atoms with Gasteiger partial charge in [0.15, 0.2) is 0 Å². The largest absolute Gasteiger partial charge is 0.546 e. The number of carbonyl (C=O) groups is 1. The maximum Gasteiger partial charge on any atom is 0.142 e. The van der Waals surface area contributed by atoms with Gasteiger partial charge in [-0.3, -0.25) is 0 Å². The maximum atomic E-state index is 10.5. The van der Waals surface area contributed by atoms with Gasteiger partial charge in [0.05, 0.1) is 5.97 Å². The van der Waals surface area contributed by atoms with Crippen molar-refractivity contribution in [2.24, 2.45) is 0 Å². The van der Waals surface area contributed by atoms with E-state index in [4.69, 9.17) is 4.74 Å². The lowest BCUT2D eigenvalue weighted by atomic mass is 10.1. The van der Waals surface area contributed by atoms with Crippen molar-refractivity contribution in [2.75, 3.05) is 0 Å². The van der Waals surface area contributed by atoms with Crippen molar-refractivity contribution in [1.82, 2.24) is 0 Å². The van der Waals surface area contributed by atoms with Gasteiger partial charge in [0.1, 0.15) is 11.9 Å². The molecule has 0 aliphatic carbocycles. The van der Waals surface area contributed by atoms with Crippen LogP contribution < -0.4 is 9.84 Å². The number of aliphatic carboxylic acids is 1. The highest BCUT2D eigenvalue weighted by Crippen LogP contribution is 2.28. The van der Waals surface area contributed by atoms with Gasteiger partial charge in [0, 0.05) is 6.42 Å². The Morgan fingerprint density at radius 1 is 1.62 bits per heavy atom. The van der Waals surface area contributed by atoms with Crippen LogP contribution in [0.15, 0.2) is 18.2 Å². The van der Waals surface area contributed by atoms with E-state index in [1.165, 1.54) is 0 Å². The van der Waals surface area contributed by atoms with Gasteiger partial charge in [0.25, 0.3) is 0 Å². The highest BCUT2D eigenvalue weighted by Gasteiger charge is 2.23. The Kier molecular flexibility index (Phi) is 1.72.